The van der Waals surface area contributed by atoms with E-state index in [2.05, 4.69) is 215 Å². The fourth-order valence-electron chi connectivity index (χ4n) is 12.1. The Bertz CT molecular complexity index is 4070. The number of hydrogen-bond acceptors (Lipinski definition) is 8. The number of pyridine rings is 6. The Morgan fingerprint density at radius 1 is 0.270 bits per heavy atom. The van der Waals surface area contributed by atoms with Gasteiger partial charge in [0.1, 0.15) is 11.5 Å². The third-order valence-electron chi connectivity index (χ3n) is 17.9. The van der Waals surface area contributed by atoms with Crippen LogP contribution in [0.25, 0.3) is 92.1 Å². The first kappa shape index (κ1) is 70.5. The summed E-state index contributed by atoms with van der Waals surface area (Å²) in [5, 5.41) is 0. The minimum absolute atomic E-state index is 0.606. The van der Waals surface area contributed by atoms with Gasteiger partial charge in [0.2, 0.25) is 0 Å². The summed E-state index contributed by atoms with van der Waals surface area (Å²) in [6.07, 6.45) is 40.9. The fraction of sp³-hybridized carbons (Fsp3) is 0.261. The maximum atomic E-state index is 6.72. The van der Waals surface area contributed by atoms with Crippen LogP contribution in [0.5, 0.6) is 11.5 Å². The highest BCUT2D eigenvalue weighted by Crippen LogP contribution is 2.33. The highest BCUT2D eigenvalue weighted by atomic mass is 16.5. The minimum atomic E-state index is 0.606. The van der Waals surface area contributed by atoms with Crippen LogP contribution in [0.4, 0.5) is 0 Å². The molecule has 502 valence electrons. The molecule has 0 saturated carbocycles. The lowest BCUT2D eigenvalue weighted by atomic mass is 10.0. The van der Waals surface area contributed by atoms with Crippen molar-refractivity contribution >= 4 is 24.3 Å². The van der Waals surface area contributed by atoms with Crippen molar-refractivity contribution in [2.45, 2.75) is 142 Å². The molecule has 5 aromatic carbocycles. The first-order valence-electron chi connectivity index (χ1n) is 36.4. The minimum Gasteiger partial charge on any atom is -0.492 e. The molecule has 11 aromatic rings. The number of ether oxygens (including phenoxy) is 2. The average Bonchev–Trinajstić information content (AvgIpc) is 0.820. The lowest BCUT2D eigenvalue weighted by Crippen LogP contribution is -2.03. The number of rotatable bonds is 34. The number of benzene rings is 5. The van der Waals surface area contributed by atoms with E-state index in [1.54, 1.807) is 24.8 Å². The Hall–Kier alpha value is -10.8. The zero-order valence-electron chi connectivity index (χ0n) is 58.3. The maximum Gasteiger partial charge on any atom is 0.136 e. The van der Waals surface area contributed by atoms with Crippen molar-refractivity contribution in [3.05, 3.63) is 276 Å². The molecule has 0 unspecified atom stereocenters. The zero-order chi connectivity index (χ0) is 68.4. The molecule has 6 heterocycles. The SMILES string of the molecule is CCCCCCCCCCCCOc1cc(C#Cc2ccc(/C=C/c3ccc(-c4cc(-c5ccccn5)nc(-c5ccccn5)c4)cc3)cc2)c(OCCCCCCCCCCCC)cc1C#Cc1ccc(/C=C/c2ccc(-c3cc(-c4ccccn4)nc(-c4ccccn4)c3)cc2)cc1. The van der Waals surface area contributed by atoms with Gasteiger partial charge in [-0.05, 0) is 154 Å². The highest BCUT2D eigenvalue weighted by molar-refractivity contribution is 5.79. The van der Waals surface area contributed by atoms with Gasteiger partial charge in [-0.3, -0.25) is 19.9 Å². The molecule has 0 atom stereocenters. The molecule has 0 aliphatic heterocycles. The third-order valence-corrected chi connectivity index (χ3v) is 17.9. The van der Waals surface area contributed by atoms with E-state index in [4.69, 9.17) is 19.4 Å². The van der Waals surface area contributed by atoms with E-state index in [0.29, 0.717) is 13.2 Å². The zero-order valence-corrected chi connectivity index (χ0v) is 58.3. The molecule has 0 radical (unpaired) electrons. The Kier molecular flexibility index (Phi) is 27.5. The van der Waals surface area contributed by atoms with Gasteiger partial charge in [-0.1, -0.05) is 274 Å². The van der Waals surface area contributed by atoms with Gasteiger partial charge < -0.3 is 9.47 Å². The summed E-state index contributed by atoms with van der Waals surface area (Å²) >= 11 is 0. The predicted molar refractivity (Wildman–Crippen MR) is 416 cm³/mol. The molecule has 0 aliphatic carbocycles. The van der Waals surface area contributed by atoms with Crippen molar-refractivity contribution in [3.8, 4) is 103 Å². The molecule has 8 heteroatoms. The molecule has 6 aromatic heterocycles. The van der Waals surface area contributed by atoms with Crippen molar-refractivity contribution in [1.82, 2.24) is 29.9 Å². The quantitative estimate of drug-likeness (QED) is 0.0224. The molecule has 11 rings (SSSR count). The molecule has 0 N–H and O–H groups in total. The van der Waals surface area contributed by atoms with Crippen LogP contribution < -0.4 is 9.47 Å². The van der Waals surface area contributed by atoms with Gasteiger partial charge in [0.15, 0.2) is 0 Å². The van der Waals surface area contributed by atoms with E-state index in [9.17, 15) is 0 Å². The Morgan fingerprint density at radius 2 is 0.550 bits per heavy atom. The van der Waals surface area contributed by atoms with Gasteiger partial charge in [0.05, 0.1) is 69.9 Å². The normalized spacial score (nSPS) is 11.1. The molecule has 0 bridgehead atoms. The second-order valence-electron chi connectivity index (χ2n) is 25.7. The van der Waals surface area contributed by atoms with Crippen molar-refractivity contribution in [2.75, 3.05) is 13.2 Å². The van der Waals surface area contributed by atoms with Gasteiger partial charge >= 0.3 is 0 Å². The van der Waals surface area contributed by atoms with Crippen molar-refractivity contribution in [1.29, 1.82) is 0 Å². The molecule has 8 nitrogen and oxygen atoms in total. The summed E-state index contributed by atoms with van der Waals surface area (Å²) < 4.78 is 13.4. The largest absolute Gasteiger partial charge is 0.492 e. The Labute approximate surface area is 594 Å². The van der Waals surface area contributed by atoms with E-state index in [1.165, 1.54) is 103 Å². The lowest BCUT2D eigenvalue weighted by Gasteiger charge is -2.14. The van der Waals surface area contributed by atoms with E-state index in [-0.39, 0.29) is 0 Å². The van der Waals surface area contributed by atoms with E-state index in [1.807, 2.05) is 72.8 Å². The molecule has 0 spiro atoms. The lowest BCUT2D eigenvalue weighted by molar-refractivity contribution is 0.295. The smallest absolute Gasteiger partial charge is 0.136 e. The van der Waals surface area contributed by atoms with Crippen LogP contribution >= 0.6 is 0 Å². The molecular weight excluding hydrogens is 1220 g/mol. The standard InChI is InChI=1S/C92H92N6O2/c1-3-5-7-9-11-13-15-17-19-29-63-99-91-69-80(58-52-74-43-37-72(38-44-74)40-46-76-49-55-78(56-50-76)82-67-89(85-33-23-27-61-95-85)98-90(68-82)86-34-24-28-62-96-86)92(100-64-30-20-18-16-14-12-10-8-6-4-2)70-79(91)57-51-73-41-35-71(36-42-73)39-45-75-47-53-77(54-48-75)81-65-87(83-31-21-25-59-93-83)97-88(66-81)84-32-22-26-60-94-84/h21-28,31-50,53-56,59-62,65-70H,3-20,29-30,63-64H2,1-2H3/b45-39+,46-40+. The third kappa shape index (κ3) is 22.1. The number of hydrogen-bond donors (Lipinski definition) is 0. The summed E-state index contributed by atoms with van der Waals surface area (Å²) in [6.45, 7) is 5.77. The average molecular weight is 1310 g/mol. The molecule has 0 amide bonds. The summed E-state index contributed by atoms with van der Waals surface area (Å²) in [5.74, 6) is 15.5. The second kappa shape index (κ2) is 39.0. The fourth-order valence-corrected chi connectivity index (χ4v) is 12.1. The van der Waals surface area contributed by atoms with Crippen molar-refractivity contribution < 1.29 is 9.47 Å². The van der Waals surface area contributed by atoms with Gasteiger partial charge in [0, 0.05) is 48.0 Å². The van der Waals surface area contributed by atoms with Crippen LogP contribution in [0.2, 0.25) is 0 Å². The predicted octanol–water partition coefficient (Wildman–Crippen LogP) is 23.8. The topological polar surface area (TPSA) is 95.8 Å². The summed E-state index contributed by atoms with van der Waals surface area (Å²) in [7, 11) is 0. The van der Waals surface area contributed by atoms with Crippen LogP contribution in [0.3, 0.4) is 0 Å². The summed E-state index contributed by atoms with van der Waals surface area (Å²) in [4.78, 5) is 28.3. The van der Waals surface area contributed by atoms with Crippen LogP contribution in [-0.2, 0) is 0 Å². The molecule has 0 fully saturated rings. The molecule has 100 heavy (non-hydrogen) atoms. The Balaban J connectivity index is 0.795. The van der Waals surface area contributed by atoms with Gasteiger partial charge in [-0.15, -0.1) is 0 Å². The van der Waals surface area contributed by atoms with Crippen LogP contribution in [-0.4, -0.2) is 43.1 Å². The first-order valence-corrected chi connectivity index (χ1v) is 36.4. The molecule has 0 aliphatic rings. The first-order chi connectivity index (χ1) is 49.5. The monoisotopic (exact) mass is 1310 g/mol. The Morgan fingerprint density at radius 3 is 0.830 bits per heavy atom. The van der Waals surface area contributed by atoms with Gasteiger partial charge in [0.25, 0.3) is 0 Å². The molecular formula is C92H92N6O2. The van der Waals surface area contributed by atoms with Gasteiger partial charge in [-0.25, -0.2) is 9.97 Å². The van der Waals surface area contributed by atoms with E-state index < -0.39 is 0 Å². The van der Waals surface area contributed by atoms with E-state index >= 15 is 0 Å². The van der Waals surface area contributed by atoms with Crippen molar-refractivity contribution in [2.24, 2.45) is 0 Å². The number of aromatic nitrogens is 6. The van der Waals surface area contributed by atoms with Gasteiger partial charge in [-0.2, -0.15) is 0 Å². The number of nitrogens with zero attached hydrogens (tertiary/aromatic N) is 6. The maximum absolute atomic E-state index is 6.72. The highest BCUT2D eigenvalue weighted by Gasteiger charge is 2.15. The van der Waals surface area contributed by atoms with Crippen LogP contribution in [0.15, 0.2) is 231 Å². The van der Waals surface area contributed by atoms with Crippen molar-refractivity contribution in [3.63, 3.8) is 0 Å². The van der Waals surface area contributed by atoms with Crippen LogP contribution in [0.1, 0.15) is 187 Å². The van der Waals surface area contributed by atoms with E-state index in [0.717, 1.165) is 149 Å². The second-order valence-corrected chi connectivity index (χ2v) is 25.7. The molecule has 0 saturated heterocycles. The van der Waals surface area contributed by atoms with Crippen LogP contribution in [0, 0.1) is 23.7 Å². The summed E-state index contributed by atoms with van der Waals surface area (Å²) in [6, 6.07) is 70.2. The summed E-state index contributed by atoms with van der Waals surface area (Å²) in [5.41, 5.74) is 18.5. The number of unbranched alkanes of at least 4 members (excludes halogenated alkanes) is 18.